The summed E-state index contributed by atoms with van der Waals surface area (Å²) in [7, 11) is 1.70. The molecule has 0 saturated carbocycles. The van der Waals surface area contributed by atoms with E-state index in [1.807, 2.05) is 0 Å². The van der Waals surface area contributed by atoms with Crippen molar-refractivity contribution < 1.29 is 4.84 Å². The molecule has 0 aliphatic carbocycles. The quantitative estimate of drug-likeness (QED) is 0.454. The van der Waals surface area contributed by atoms with Gasteiger partial charge in [0.25, 0.3) is 0 Å². The predicted octanol–water partition coefficient (Wildman–Crippen LogP) is 2.83. The summed E-state index contributed by atoms with van der Waals surface area (Å²) in [6, 6.07) is 0.497. The van der Waals surface area contributed by atoms with Gasteiger partial charge < -0.3 is 10.2 Å². The number of rotatable bonds is 3. The number of aliphatic imine (C=N–C) groups is 1. The van der Waals surface area contributed by atoms with E-state index in [4.69, 9.17) is 4.84 Å². The molecular formula is C13H27N3O. The summed E-state index contributed by atoms with van der Waals surface area (Å²) in [4.78, 5) is 9.55. The zero-order valence-corrected chi connectivity index (χ0v) is 12.4. The van der Waals surface area contributed by atoms with Gasteiger partial charge in [0.15, 0.2) is 0 Å². The Labute approximate surface area is 105 Å². The number of hydroxylamine groups is 1. The van der Waals surface area contributed by atoms with Crippen molar-refractivity contribution in [2.24, 2.45) is 10.9 Å². The van der Waals surface area contributed by atoms with Crippen LogP contribution in [-0.4, -0.2) is 18.6 Å². The van der Waals surface area contributed by atoms with Crippen LogP contribution in [0.25, 0.3) is 0 Å². The van der Waals surface area contributed by atoms with E-state index in [0.717, 1.165) is 5.70 Å². The Hall–Kier alpha value is -1.19. The number of nitrogens with zero attached hydrogens (tertiary/aromatic N) is 1. The highest BCUT2D eigenvalue weighted by molar-refractivity contribution is 5.73. The number of amidine groups is 1. The topological polar surface area (TPSA) is 45.7 Å². The van der Waals surface area contributed by atoms with Crippen molar-refractivity contribution in [3.63, 3.8) is 0 Å². The molecule has 0 aromatic heterocycles. The molecule has 2 N–H and O–H groups in total. The second kappa shape index (κ2) is 6.52. The average molecular weight is 241 g/mol. The molecular weight excluding hydrogens is 214 g/mol. The maximum atomic E-state index is 5.48. The van der Waals surface area contributed by atoms with Crippen molar-refractivity contribution in [2.45, 2.75) is 54.0 Å². The lowest BCUT2D eigenvalue weighted by atomic mass is 10.1. The second-order valence-corrected chi connectivity index (χ2v) is 5.68. The molecule has 17 heavy (non-hydrogen) atoms. The van der Waals surface area contributed by atoms with Gasteiger partial charge in [-0.2, -0.15) is 0 Å². The first kappa shape index (κ1) is 15.8. The molecule has 0 amide bonds. The van der Waals surface area contributed by atoms with Crippen molar-refractivity contribution in [1.82, 2.24) is 10.8 Å². The Bertz CT molecular complexity index is 294. The number of hydrogen-bond acceptors (Lipinski definition) is 3. The number of allylic oxidation sites excluding steroid dienone is 2. The highest BCUT2D eigenvalue weighted by atomic mass is 16.7. The van der Waals surface area contributed by atoms with E-state index in [9.17, 15) is 0 Å². The number of nitrogens with one attached hydrogen (secondary N) is 2. The van der Waals surface area contributed by atoms with Gasteiger partial charge in [0.05, 0.1) is 5.70 Å². The third-order valence-corrected chi connectivity index (χ3v) is 2.06. The van der Waals surface area contributed by atoms with Crippen LogP contribution in [0.1, 0.15) is 48.5 Å². The van der Waals surface area contributed by atoms with E-state index in [1.165, 1.54) is 5.57 Å². The van der Waals surface area contributed by atoms with Gasteiger partial charge in [0.2, 0.25) is 0 Å². The van der Waals surface area contributed by atoms with Crippen LogP contribution in [0.4, 0.5) is 0 Å². The van der Waals surface area contributed by atoms with Crippen LogP contribution in [-0.2, 0) is 4.84 Å². The van der Waals surface area contributed by atoms with Gasteiger partial charge in [-0.15, -0.1) is 0 Å². The Balaban J connectivity index is 4.49. The highest BCUT2D eigenvalue weighted by Crippen LogP contribution is 2.11. The molecule has 0 bridgehead atoms. The van der Waals surface area contributed by atoms with Gasteiger partial charge >= 0.3 is 6.02 Å². The normalized spacial score (nSPS) is 12.4. The Kier molecular flexibility index (Phi) is 6.07. The summed E-state index contributed by atoms with van der Waals surface area (Å²) in [6.45, 7) is 14.6. The van der Waals surface area contributed by atoms with E-state index in [1.54, 1.807) is 7.05 Å². The lowest BCUT2D eigenvalue weighted by Gasteiger charge is -2.24. The molecule has 0 unspecified atom stereocenters. The molecule has 0 heterocycles. The molecule has 0 atom stereocenters. The van der Waals surface area contributed by atoms with E-state index >= 15 is 0 Å². The minimum absolute atomic E-state index is 0.0699. The Morgan fingerprint density at radius 3 is 2.00 bits per heavy atom. The summed E-state index contributed by atoms with van der Waals surface area (Å²) in [5.41, 5.74) is 5.21. The monoisotopic (exact) mass is 241 g/mol. The smallest absolute Gasteiger partial charge is 0.312 e. The van der Waals surface area contributed by atoms with Gasteiger partial charge in [-0.1, -0.05) is 19.4 Å². The SMILES string of the molecule is CN=C(NC(C)(C)C)ONC(=C(C)C)C(C)C. The van der Waals surface area contributed by atoms with Crippen LogP contribution >= 0.6 is 0 Å². The summed E-state index contributed by atoms with van der Waals surface area (Å²) >= 11 is 0. The summed E-state index contributed by atoms with van der Waals surface area (Å²) in [5, 5.41) is 3.18. The highest BCUT2D eigenvalue weighted by Gasteiger charge is 2.14. The third kappa shape index (κ3) is 6.87. The van der Waals surface area contributed by atoms with E-state index in [-0.39, 0.29) is 5.54 Å². The first-order valence-corrected chi connectivity index (χ1v) is 6.02. The molecule has 0 spiro atoms. The molecule has 4 nitrogen and oxygen atoms in total. The van der Waals surface area contributed by atoms with E-state index < -0.39 is 0 Å². The lowest BCUT2D eigenvalue weighted by molar-refractivity contribution is 0.183. The zero-order chi connectivity index (χ0) is 13.6. The minimum Gasteiger partial charge on any atom is -0.343 e. The summed E-state index contributed by atoms with van der Waals surface area (Å²) in [5.74, 6) is 0.396. The van der Waals surface area contributed by atoms with E-state index in [0.29, 0.717) is 11.9 Å². The van der Waals surface area contributed by atoms with Crippen molar-refractivity contribution >= 4 is 6.02 Å². The summed E-state index contributed by atoms with van der Waals surface area (Å²) < 4.78 is 0. The van der Waals surface area contributed by atoms with E-state index in [2.05, 4.69) is 64.3 Å². The Morgan fingerprint density at radius 1 is 1.18 bits per heavy atom. The maximum absolute atomic E-state index is 5.48. The lowest BCUT2D eigenvalue weighted by Crippen LogP contribution is -2.44. The average Bonchev–Trinajstić information content (AvgIpc) is 2.13. The van der Waals surface area contributed by atoms with Crippen molar-refractivity contribution in [2.75, 3.05) is 7.05 Å². The molecule has 0 aromatic carbocycles. The predicted molar refractivity (Wildman–Crippen MR) is 73.7 cm³/mol. The molecule has 100 valence electrons. The first-order valence-electron chi connectivity index (χ1n) is 6.02. The largest absolute Gasteiger partial charge is 0.343 e. The van der Waals surface area contributed by atoms with Crippen molar-refractivity contribution in [3.05, 3.63) is 11.3 Å². The fraction of sp³-hybridized carbons (Fsp3) is 0.769. The van der Waals surface area contributed by atoms with Crippen LogP contribution in [0.2, 0.25) is 0 Å². The van der Waals surface area contributed by atoms with Crippen LogP contribution in [0, 0.1) is 5.92 Å². The molecule has 0 aromatic rings. The van der Waals surface area contributed by atoms with Gasteiger partial charge in [-0.3, -0.25) is 0 Å². The molecule has 0 saturated heterocycles. The van der Waals surface area contributed by atoms with Crippen molar-refractivity contribution in [1.29, 1.82) is 0 Å². The molecule has 0 rings (SSSR count). The summed E-state index contributed by atoms with van der Waals surface area (Å²) in [6.07, 6.45) is 0. The molecule has 0 aliphatic rings. The van der Waals surface area contributed by atoms with Gasteiger partial charge in [-0.25, -0.2) is 10.5 Å². The van der Waals surface area contributed by atoms with Gasteiger partial charge in [0, 0.05) is 12.6 Å². The van der Waals surface area contributed by atoms with Crippen LogP contribution < -0.4 is 10.8 Å². The fourth-order valence-electron chi connectivity index (χ4n) is 1.35. The molecule has 0 aliphatic heterocycles. The first-order chi connectivity index (χ1) is 7.67. The zero-order valence-electron chi connectivity index (χ0n) is 12.4. The van der Waals surface area contributed by atoms with Crippen LogP contribution in [0.15, 0.2) is 16.3 Å². The van der Waals surface area contributed by atoms with Crippen molar-refractivity contribution in [3.8, 4) is 0 Å². The number of hydrogen-bond donors (Lipinski definition) is 2. The van der Waals surface area contributed by atoms with Gasteiger partial charge in [0.1, 0.15) is 0 Å². The molecule has 0 fully saturated rings. The second-order valence-electron chi connectivity index (χ2n) is 5.68. The van der Waals surface area contributed by atoms with Crippen LogP contribution in [0.5, 0.6) is 0 Å². The fourth-order valence-corrected chi connectivity index (χ4v) is 1.35. The standard InChI is InChI=1S/C13H27N3O/c1-9(2)11(10(3)4)16-17-12(14-8)15-13(5,6)7/h9,16H,1-8H3,(H,14,15). The third-order valence-electron chi connectivity index (χ3n) is 2.06. The minimum atomic E-state index is -0.0699. The van der Waals surface area contributed by atoms with Gasteiger partial charge in [-0.05, 0) is 40.5 Å². The molecule has 0 radical (unpaired) electrons. The Morgan fingerprint density at radius 2 is 1.71 bits per heavy atom. The molecule has 4 heteroatoms. The van der Waals surface area contributed by atoms with Crippen LogP contribution in [0.3, 0.4) is 0 Å². The maximum Gasteiger partial charge on any atom is 0.312 e.